The summed E-state index contributed by atoms with van der Waals surface area (Å²) >= 11 is 0. The van der Waals surface area contributed by atoms with Gasteiger partial charge in [-0.15, -0.1) is 0 Å². The monoisotopic (exact) mass is 216 g/mol. The molecular weight excluding hydrogens is 196 g/mol. The first-order chi connectivity index (χ1) is 6.90. The molecule has 0 bridgehead atoms. The van der Waals surface area contributed by atoms with Crippen molar-refractivity contribution in [2.24, 2.45) is 0 Å². The van der Waals surface area contributed by atoms with Gasteiger partial charge >= 0.3 is 0 Å². The molecule has 0 aromatic heterocycles. The summed E-state index contributed by atoms with van der Waals surface area (Å²) in [5.41, 5.74) is -0.861. The van der Waals surface area contributed by atoms with E-state index in [4.69, 9.17) is 4.74 Å². The number of hydrogen-bond acceptors (Lipinski definition) is 4. The molecule has 1 amide bonds. The van der Waals surface area contributed by atoms with E-state index in [1.807, 2.05) is 0 Å². The van der Waals surface area contributed by atoms with Crippen molar-refractivity contribution < 1.29 is 14.6 Å². The van der Waals surface area contributed by atoms with E-state index in [1.165, 1.54) is 4.90 Å². The molecular formula is C10H20N2O3. The van der Waals surface area contributed by atoms with Crippen molar-refractivity contribution in [1.82, 2.24) is 10.2 Å². The lowest BCUT2D eigenvalue weighted by Gasteiger charge is -2.30. The fraction of sp³-hybridized carbons (Fsp3) is 0.900. The zero-order valence-corrected chi connectivity index (χ0v) is 9.62. The third kappa shape index (κ3) is 4.15. The van der Waals surface area contributed by atoms with Crippen molar-refractivity contribution in [3.63, 3.8) is 0 Å². The van der Waals surface area contributed by atoms with Gasteiger partial charge in [0, 0.05) is 20.1 Å². The lowest BCUT2D eigenvalue weighted by molar-refractivity contribution is -0.137. The highest BCUT2D eigenvalue weighted by Gasteiger charge is 2.27. The number of nitrogens with one attached hydrogen (secondary N) is 1. The lowest BCUT2D eigenvalue weighted by Crippen LogP contribution is -2.53. The van der Waals surface area contributed by atoms with Crippen LogP contribution >= 0.6 is 0 Å². The second-order valence-electron chi connectivity index (χ2n) is 4.59. The molecule has 0 saturated carbocycles. The van der Waals surface area contributed by atoms with Crippen LogP contribution in [0.5, 0.6) is 0 Å². The number of rotatable bonds is 3. The number of nitrogens with zero attached hydrogens (tertiary/aromatic N) is 1. The molecule has 5 nitrogen and oxygen atoms in total. The first-order valence-electron chi connectivity index (χ1n) is 5.18. The Hall–Kier alpha value is -0.650. The molecule has 1 saturated heterocycles. The van der Waals surface area contributed by atoms with E-state index in [0.717, 1.165) is 0 Å². The minimum Gasteiger partial charge on any atom is -0.389 e. The highest BCUT2D eigenvalue weighted by molar-refractivity contribution is 5.82. The van der Waals surface area contributed by atoms with E-state index >= 15 is 0 Å². The molecule has 88 valence electrons. The van der Waals surface area contributed by atoms with Gasteiger partial charge in [0.25, 0.3) is 0 Å². The summed E-state index contributed by atoms with van der Waals surface area (Å²) in [7, 11) is 1.69. The van der Waals surface area contributed by atoms with E-state index in [-0.39, 0.29) is 11.9 Å². The maximum absolute atomic E-state index is 11.8. The molecule has 0 radical (unpaired) electrons. The zero-order chi connectivity index (χ0) is 11.5. The number of carbonyl (C=O) groups excluding carboxylic acids is 1. The van der Waals surface area contributed by atoms with Gasteiger partial charge in [-0.3, -0.25) is 4.79 Å². The highest BCUT2D eigenvalue weighted by Crippen LogP contribution is 2.05. The summed E-state index contributed by atoms with van der Waals surface area (Å²) in [6.07, 6.45) is 0. The van der Waals surface area contributed by atoms with E-state index in [2.05, 4.69) is 5.32 Å². The second-order valence-corrected chi connectivity index (χ2v) is 4.59. The Labute approximate surface area is 90.4 Å². The molecule has 0 spiro atoms. The van der Waals surface area contributed by atoms with Gasteiger partial charge in [-0.1, -0.05) is 0 Å². The van der Waals surface area contributed by atoms with Crippen molar-refractivity contribution in [2.45, 2.75) is 25.5 Å². The first-order valence-corrected chi connectivity index (χ1v) is 5.18. The van der Waals surface area contributed by atoms with Crippen LogP contribution in [-0.4, -0.2) is 60.9 Å². The average molecular weight is 216 g/mol. The topological polar surface area (TPSA) is 61.8 Å². The Bertz CT molecular complexity index is 219. The Morgan fingerprint density at radius 3 is 2.80 bits per heavy atom. The molecule has 0 aromatic carbocycles. The second kappa shape index (κ2) is 4.92. The van der Waals surface area contributed by atoms with Crippen LogP contribution in [0, 0.1) is 0 Å². The molecule has 0 aliphatic carbocycles. The van der Waals surface area contributed by atoms with Crippen LogP contribution in [0.15, 0.2) is 0 Å². The molecule has 1 atom stereocenters. The van der Waals surface area contributed by atoms with Crippen LogP contribution in [0.3, 0.4) is 0 Å². The van der Waals surface area contributed by atoms with Gasteiger partial charge in [-0.05, 0) is 13.8 Å². The third-order valence-electron chi connectivity index (χ3n) is 2.22. The minimum atomic E-state index is -0.861. The van der Waals surface area contributed by atoms with Gasteiger partial charge < -0.3 is 20.1 Å². The molecule has 1 unspecified atom stereocenters. The Kier molecular flexibility index (Phi) is 4.07. The summed E-state index contributed by atoms with van der Waals surface area (Å²) in [6.45, 7) is 5.45. The van der Waals surface area contributed by atoms with Crippen molar-refractivity contribution in [2.75, 3.05) is 33.4 Å². The Morgan fingerprint density at radius 1 is 1.67 bits per heavy atom. The maximum Gasteiger partial charge on any atom is 0.241 e. The summed E-state index contributed by atoms with van der Waals surface area (Å²) in [5.74, 6) is -0.0307. The predicted molar refractivity (Wildman–Crippen MR) is 56.5 cm³/mol. The van der Waals surface area contributed by atoms with E-state index in [1.54, 1.807) is 20.9 Å². The van der Waals surface area contributed by atoms with Crippen LogP contribution in [-0.2, 0) is 9.53 Å². The molecule has 1 heterocycles. The smallest absolute Gasteiger partial charge is 0.241 e. The molecule has 0 aromatic rings. The van der Waals surface area contributed by atoms with E-state index in [9.17, 15) is 9.90 Å². The number of amides is 1. The van der Waals surface area contributed by atoms with Crippen molar-refractivity contribution in [1.29, 1.82) is 0 Å². The van der Waals surface area contributed by atoms with Gasteiger partial charge in [0.15, 0.2) is 0 Å². The van der Waals surface area contributed by atoms with Crippen LogP contribution < -0.4 is 5.32 Å². The quantitative estimate of drug-likeness (QED) is 0.648. The number of hydrogen-bond donors (Lipinski definition) is 2. The minimum absolute atomic E-state index is 0.0307. The maximum atomic E-state index is 11.8. The number of ether oxygens (including phenoxy) is 1. The van der Waals surface area contributed by atoms with Gasteiger partial charge in [-0.25, -0.2) is 0 Å². The number of carbonyl (C=O) groups is 1. The van der Waals surface area contributed by atoms with Crippen LogP contribution in [0.2, 0.25) is 0 Å². The molecule has 2 N–H and O–H groups in total. The van der Waals surface area contributed by atoms with Gasteiger partial charge in [-0.2, -0.15) is 0 Å². The van der Waals surface area contributed by atoms with E-state index < -0.39 is 5.60 Å². The summed E-state index contributed by atoms with van der Waals surface area (Å²) in [6, 6.07) is -0.272. The van der Waals surface area contributed by atoms with Crippen LogP contribution in [0.1, 0.15) is 13.8 Å². The van der Waals surface area contributed by atoms with Crippen molar-refractivity contribution >= 4 is 5.91 Å². The zero-order valence-electron chi connectivity index (χ0n) is 9.62. The summed E-state index contributed by atoms with van der Waals surface area (Å²) in [5, 5.41) is 12.7. The molecule has 1 rings (SSSR count). The lowest BCUT2D eigenvalue weighted by atomic mass is 10.1. The SMILES string of the molecule is CN(CC(C)(C)O)C(=O)C1COCCN1. The molecule has 1 aliphatic rings. The number of morpholine rings is 1. The van der Waals surface area contributed by atoms with Crippen molar-refractivity contribution in [3.05, 3.63) is 0 Å². The predicted octanol–water partition coefficient (Wildman–Crippen LogP) is -0.796. The average Bonchev–Trinajstić information content (AvgIpc) is 2.15. The fourth-order valence-electron chi connectivity index (χ4n) is 1.65. The third-order valence-corrected chi connectivity index (χ3v) is 2.22. The number of likely N-dealkylation sites (N-methyl/N-ethyl adjacent to an activating group) is 1. The summed E-state index contributed by atoms with van der Waals surface area (Å²) < 4.78 is 5.21. The highest BCUT2D eigenvalue weighted by atomic mass is 16.5. The van der Waals surface area contributed by atoms with Gasteiger partial charge in [0.1, 0.15) is 6.04 Å². The normalized spacial score (nSPS) is 22.5. The van der Waals surface area contributed by atoms with Crippen LogP contribution in [0.25, 0.3) is 0 Å². The number of aliphatic hydroxyl groups is 1. The fourth-order valence-corrected chi connectivity index (χ4v) is 1.65. The molecule has 1 aliphatic heterocycles. The molecule has 5 heteroatoms. The van der Waals surface area contributed by atoms with Crippen LogP contribution in [0.4, 0.5) is 0 Å². The Balaban J connectivity index is 2.44. The molecule has 15 heavy (non-hydrogen) atoms. The molecule has 1 fully saturated rings. The largest absolute Gasteiger partial charge is 0.389 e. The standard InChI is InChI=1S/C10H20N2O3/c1-10(2,14)7-12(3)9(13)8-6-15-5-4-11-8/h8,11,14H,4-7H2,1-3H3. The van der Waals surface area contributed by atoms with Crippen molar-refractivity contribution in [3.8, 4) is 0 Å². The van der Waals surface area contributed by atoms with Gasteiger partial charge in [0.05, 0.1) is 18.8 Å². The summed E-state index contributed by atoms with van der Waals surface area (Å²) in [4.78, 5) is 13.4. The van der Waals surface area contributed by atoms with E-state index in [0.29, 0.717) is 26.3 Å². The first kappa shape index (κ1) is 12.4. The van der Waals surface area contributed by atoms with Gasteiger partial charge in [0.2, 0.25) is 5.91 Å². The Morgan fingerprint density at radius 2 is 2.33 bits per heavy atom.